The van der Waals surface area contributed by atoms with Gasteiger partial charge in [-0.05, 0) is 62.1 Å². The van der Waals surface area contributed by atoms with Crippen molar-refractivity contribution in [1.82, 2.24) is 10.2 Å². The van der Waals surface area contributed by atoms with Gasteiger partial charge in [0.25, 0.3) is 0 Å². The van der Waals surface area contributed by atoms with E-state index < -0.39 is 0 Å². The van der Waals surface area contributed by atoms with Gasteiger partial charge in [0.15, 0.2) is 0 Å². The van der Waals surface area contributed by atoms with E-state index in [-0.39, 0.29) is 24.0 Å². The number of fused-ring (bicyclic) bond motifs is 1. The number of halogens is 1. The summed E-state index contributed by atoms with van der Waals surface area (Å²) in [5.41, 5.74) is 2.93. The first kappa shape index (κ1) is 21.7. The average Bonchev–Trinajstić information content (AvgIpc) is 2.77. The Morgan fingerprint density at radius 3 is 2.84 bits per heavy atom. The normalized spacial score (nSPS) is 20.6. The number of anilines is 1. The molecule has 2 aromatic rings. The van der Waals surface area contributed by atoms with Crippen LogP contribution in [0.15, 0.2) is 46.9 Å². The molecule has 1 fully saturated rings. The Kier molecular flexibility index (Phi) is 6.51. The van der Waals surface area contributed by atoms with Crippen molar-refractivity contribution in [2.75, 3.05) is 24.5 Å². The molecule has 4 rings (SSSR count). The minimum atomic E-state index is -0.194. The van der Waals surface area contributed by atoms with Gasteiger partial charge in [-0.2, -0.15) is 0 Å². The number of hydrogen-bond donors (Lipinski definition) is 1. The van der Waals surface area contributed by atoms with Crippen molar-refractivity contribution in [2.45, 2.75) is 39.3 Å². The fourth-order valence-corrected chi connectivity index (χ4v) is 4.69. The number of benzene rings is 2. The van der Waals surface area contributed by atoms with Crippen molar-refractivity contribution in [1.29, 1.82) is 0 Å². The van der Waals surface area contributed by atoms with E-state index >= 15 is 0 Å². The topological polar surface area (TPSA) is 61.9 Å². The second-order valence-electron chi connectivity index (χ2n) is 8.43. The highest BCUT2D eigenvalue weighted by Crippen LogP contribution is 2.35. The van der Waals surface area contributed by atoms with Gasteiger partial charge >= 0.3 is 6.03 Å². The van der Waals surface area contributed by atoms with Crippen LogP contribution in [0.5, 0.6) is 5.75 Å². The average molecular weight is 486 g/mol. The van der Waals surface area contributed by atoms with Gasteiger partial charge < -0.3 is 15.0 Å². The van der Waals surface area contributed by atoms with Crippen LogP contribution in [0.3, 0.4) is 0 Å². The zero-order chi connectivity index (χ0) is 22.0. The van der Waals surface area contributed by atoms with Crippen LogP contribution >= 0.6 is 15.9 Å². The van der Waals surface area contributed by atoms with Crippen LogP contribution in [0.25, 0.3) is 0 Å². The first-order valence-electron chi connectivity index (χ1n) is 10.8. The van der Waals surface area contributed by atoms with Crippen LogP contribution in [-0.2, 0) is 11.3 Å². The summed E-state index contributed by atoms with van der Waals surface area (Å²) in [5.74, 6) is 0.544. The molecule has 0 bridgehead atoms. The number of carbonyl (C=O) groups is 2. The molecule has 2 aliphatic rings. The highest BCUT2D eigenvalue weighted by Gasteiger charge is 2.34. The Balaban J connectivity index is 1.42. The molecular formula is C24H28BrN3O3. The number of nitrogens with one attached hydrogen (secondary N) is 1. The van der Waals surface area contributed by atoms with Gasteiger partial charge in [-0.25, -0.2) is 4.79 Å². The lowest BCUT2D eigenvalue weighted by Gasteiger charge is -2.39. The monoisotopic (exact) mass is 485 g/mol. The quantitative estimate of drug-likeness (QED) is 0.696. The first-order valence-corrected chi connectivity index (χ1v) is 11.6. The van der Waals surface area contributed by atoms with E-state index in [1.165, 1.54) is 0 Å². The zero-order valence-corrected chi connectivity index (χ0v) is 19.5. The maximum absolute atomic E-state index is 13.4. The molecule has 2 aliphatic heterocycles. The van der Waals surface area contributed by atoms with Gasteiger partial charge in [-0.3, -0.25) is 9.69 Å². The number of urea groups is 1. The molecule has 0 saturated carbocycles. The van der Waals surface area contributed by atoms with E-state index in [4.69, 9.17) is 4.74 Å². The molecule has 6 nitrogen and oxygen atoms in total. The maximum atomic E-state index is 13.4. The summed E-state index contributed by atoms with van der Waals surface area (Å²) in [6.07, 6.45) is 1.54. The van der Waals surface area contributed by atoms with Crippen LogP contribution in [0.4, 0.5) is 10.5 Å². The van der Waals surface area contributed by atoms with E-state index in [9.17, 15) is 9.59 Å². The molecule has 31 heavy (non-hydrogen) atoms. The Morgan fingerprint density at radius 2 is 2.03 bits per heavy atom. The zero-order valence-electron chi connectivity index (χ0n) is 17.9. The molecule has 164 valence electrons. The number of rotatable bonds is 3. The summed E-state index contributed by atoms with van der Waals surface area (Å²) >= 11 is 3.46. The summed E-state index contributed by atoms with van der Waals surface area (Å²) in [4.78, 5) is 29.8. The summed E-state index contributed by atoms with van der Waals surface area (Å²) < 4.78 is 6.91. The van der Waals surface area contributed by atoms with E-state index in [0.29, 0.717) is 26.2 Å². The lowest BCUT2D eigenvalue weighted by molar-refractivity contribution is -0.126. The molecule has 2 aromatic carbocycles. The molecule has 0 spiro atoms. The number of aryl methyl sites for hydroxylation is 1. The highest BCUT2D eigenvalue weighted by molar-refractivity contribution is 9.10. The summed E-state index contributed by atoms with van der Waals surface area (Å²) in [6, 6.07) is 13.8. The largest absolute Gasteiger partial charge is 0.487 e. The predicted molar refractivity (Wildman–Crippen MR) is 124 cm³/mol. The van der Waals surface area contributed by atoms with Crippen molar-refractivity contribution < 1.29 is 14.3 Å². The number of nitrogens with zero attached hydrogens (tertiary/aromatic N) is 2. The minimum absolute atomic E-state index is 0.00376. The molecule has 2 heterocycles. The van der Waals surface area contributed by atoms with E-state index in [1.807, 2.05) is 61.2 Å². The molecule has 0 unspecified atom stereocenters. The van der Waals surface area contributed by atoms with Gasteiger partial charge in [0, 0.05) is 24.1 Å². The third-order valence-corrected chi connectivity index (χ3v) is 6.32. The summed E-state index contributed by atoms with van der Waals surface area (Å²) in [7, 11) is 0. The van der Waals surface area contributed by atoms with Crippen molar-refractivity contribution in [3.8, 4) is 5.75 Å². The summed E-state index contributed by atoms with van der Waals surface area (Å²) in [5, 5.41) is 3.03. The van der Waals surface area contributed by atoms with Crippen LogP contribution < -0.4 is 15.0 Å². The van der Waals surface area contributed by atoms with Crippen LogP contribution in [0.2, 0.25) is 0 Å². The molecule has 1 N–H and O–H groups in total. The van der Waals surface area contributed by atoms with Crippen molar-refractivity contribution in [3.63, 3.8) is 0 Å². The molecule has 2 atom stereocenters. The molecule has 3 amide bonds. The molecule has 0 aromatic heterocycles. The van der Waals surface area contributed by atoms with Crippen molar-refractivity contribution >= 4 is 33.6 Å². The van der Waals surface area contributed by atoms with Crippen molar-refractivity contribution in [3.05, 3.63) is 58.1 Å². The van der Waals surface area contributed by atoms with Gasteiger partial charge in [0.05, 0.1) is 18.2 Å². The number of piperidine rings is 1. The smallest absolute Gasteiger partial charge is 0.324 e. The number of ether oxygens (including phenoxy) is 1. The lowest BCUT2D eigenvalue weighted by Crippen LogP contribution is -2.53. The molecule has 7 heteroatoms. The summed E-state index contributed by atoms with van der Waals surface area (Å²) in [6.45, 7) is 6.07. The predicted octanol–water partition coefficient (Wildman–Crippen LogP) is 4.49. The van der Waals surface area contributed by atoms with Crippen molar-refractivity contribution in [2.24, 2.45) is 5.92 Å². The Bertz CT molecular complexity index is 980. The molecule has 0 aliphatic carbocycles. The van der Waals surface area contributed by atoms with Crippen LogP contribution in [0.1, 0.15) is 30.9 Å². The third-order valence-electron chi connectivity index (χ3n) is 5.82. The van der Waals surface area contributed by atoms with E-state index in [1.54, 1.807) is 4.90 Å². The Hall–Kier alpha value is -2.54. The standard InChI is InChI=1S/C24H28BrN3O3/c1-16-8-9-22-21(11-16)28(14-17(2)31-22)24(30)27-10-4-6-19(15-27)23(29)26-13-18-5-3-7-20(25)12-18/h3,5,7-9,11-12,17,19H,4,6,10,13-15H2,1-2H3,(H,26,29)/t17-,19-/m0/s1. The van der Waals surface area contributed by atoms with Crippen LogP contribution in [0, 0.1) is 12.8 Å². The fourth-order valence-electron chi connectivity index (χ4n) is 4.24. The van der Waals surface area contributed by atoms with E-state index in [0.717, 1.165) is 39.9 Å². The lowest BCUT2D eigenvalue weighted by atomic mass is 9.97. The Morgan fingerprint density at radius 1 is 1.19 bits per heavy atom. The SMILES string of the molecule is Cc1ccc2c(c1)N(C(=O)N1CCC[C@H](C(=O)NCc3cccc(Br)c3)C1)C[C@H](C)O2. The Labute approximate surface area is 191 Å². The number of carbonyl (C=O) groups excluding carboxylic acids is 2. The second kappa shape index (κ2) is 9.30. The molecular weight excluding hydrogens is 458 g/mol. The number of hydrogen-bond acceptors (Lipinski definition) is 3. The maximum Gasteiger partial charge on any atom is 0.324 e. The first-order chi connectivity index (χ1) is 14.9. The second-order valence-corrected chi connectivity index (χ2v) is 9.34. The number of amides is 3. The van der Waals surface area contributed by atoms with E-state index in [2.05, 4.69) is 21.2 Å². The number of likely N-dealkylation sites (tertiary alicyclic amines) is 1. The molecule has 1 saturated heterocycles. The van der Waals surface area contributed by atoms with Gasteiger partial charge in [0.1, 0.15) is 11.9 Å². The minimum Gasteiger partial charge on any atom is -0.487 e. The highest BCUT2D eigenvalue weighted by atomic mass is 79.9. The van der Waals surface area contributed by atoms with Gasteiger partial charge in [0.2, 0.25) is 5.91 Å². The fraction of sp³-hybridized carbons (Fsp3) is 0.417. The third kappa shape index (κ3) is 5.03. The van der Waals surface area contributed by atoms with Gasteiger partial charge in [-0.15, -0.1) is 0 Å². The van der Waals surface area contributed by atoms with Gasteiger partial charge in [-0.1, -0.05) is 34.1 Å². The van der Waals surface area contributed by atoms with Crippen LogP contribution in [-0.4, -0.2) is 42.6 Å². The molecule has 0 radical (unpaired) electrons.